The van der Waals surface area contributed by atoms with Gasteiger partial charge in [-0.15, -0.1) is 0 Å². The van der Waals surface area contributed by atoms with E-state index in [-0.39, 0.29) is 6.10 Å². The van der Waals surface area contributed by atoms with Crippen LogP contribution in [0.5, 0.6) is 0 Å². The number of hydrogen-bond acceptors (Lipinski definition) is 7. The van der Waals surface area contributed by atoms with Crippen LogP contribution >= 0.6 is 0 Å². The van der Waals surface area contributed by atoms with E-state index in [1.54, 1.807) is 0 Å². The van der Waals surface area contributed by atoms with Crippen molar-refractivity contribution in [2.75, 3.05) is 43.1 Å². The Morgan fingerprint density at radius 3 is 2.85 bits per heavy atom. The van der Waals surface area contributed by atoms with Gasteiger partial charge >= 0.3 is 0 Å². The van der Waals surface area contributed by atoms with Gasteiger partial charge in [0.25, 0.3) is 0 Å². The van der Waals surface area contributed by atoms with Gasteiger partial charge in [0.05, 0.1) is 24.1 Å². The zero-order valence-corrected chi connectivity index (χ0v) is 16.0. The van der Waals surface area contributed by atoms with E-state index in [2.05, 4.69) is 27.4 Å². The molecule has 27 heavy (non-hydrogen) atoms. The lowest BCUT2D eigenvalue weighted by Gasteiger charge is -2.36. The molecule has 2 fully saturated rings. The number of aromatic amines is 1. The summed E-state index contributed by atoms with van der Waals surface area (Å²) in [6, 6.07) is 2.05. The highest BCUT2D eigenvalue weighted by atomic mass is 16.5. The number of aliphatic hydroxyl groups excluding tert-OH is 1. The van der Waals surface area contributed by atoms with Gasteiger partial charge in [-0.1, -0.05) is 0 Å². The number of aliphatic hydroxyl groups is 1. The summed E-state index contributed by atoms with van der Waals surface area (Å²) < 4.78 is 5.53. The molecule has 0 unspecified atom stereocenters. The summed E-state index contributed by atoms with van der Waals surface area (Å²) in [6.07, 6.45) is 2.72. The summed E-state index contributed by atoms with van der Waals surface area (Å²) in [5, 5.41) is 20.4. The van der Waals surface area contributed by atoms with Crippen LogP contribution in [-0.2, 0) is 11.2 Å². The van der Waals surface area contributed by atoms with E-state index in [9.17, 15) is 5.11 Å². The average molecular weight is 372 g/mol. The standard InChI is InChI=1S/C19H28N6O2/c1-12-16(13(2)24-23-12)4-3-6-20-18-8-17(14-5-7-27-11-14)21-19(22-18)25-9-15(26)10-25/h8,14-15,26H,3-7,9-11H2,1-2H3,(H,23,24)(H,20,21,22)/t14-/m0/s1. The van der Waals surface area contributed by atoms with E-state index in [0.717, 1.165) is 61.9 Å². The molecule has 4 rings (SSSR count). The van der Waals surface area contributed by atoms with Gasteiger partial charge in [0.1, 0.15) is 5.82 Å². The lowest BCUT2D eigenvalue weighted by molar-refractivity contribution is 0.140. The second-order valence-corrected chi connectivity index (χ2v) is 7.54. The van der Waals surface area contributed by atoms with Crippen LogP contribution in [0.4, 0.5) is 11.8 Å². The predicted molar refractivity (Wildman–Crippen MR) is 103 cm³/mol. The monoisotopic (exact) mass is 372 g/mol. The number of anilines is 2. The van der Waals surface area contributed by atoms with Crippen LogP contribution in [0.3, 0.4) is 0 Å². The molecule has 3 N–H and O–H groups in total. The fraction of sp³-hybridized carbons (Fsp3) is 0.632. The number of β-amino-alcohol motifs (C(OH)–C–C–N with tert-alkyl or cyclic N) is 1. The van der Waals surface area contributed by atoms with E-state index >= 15 is 0 Å². The molecule has 2 aliphatic rings. The molecule has 8 heteroatoms. The molecule has 0 spiro atoms. The Morgan fingerprint density at radius 2 is 2.19 bits per heavy atom. The van der Waals surface area contributed by atoms with Crippen LogP contribution < -0.4 is 10.2 Å². The number of rotatable bonds is 7. The molecule has 0 aromatic carbocycles. The third-order valence-electron chi connectivity index (χ3n) is 5.42. The minimum Gasteiger partial charge on any atom is -0.389 e. The minimum atomic E-state index is -0.273. The van der Waals surface area contributed by atoms with E-state index in [4.69, 9.17) is 9.72 Å². The molecule has 0 radical (unpaired) electrons. The van der Waals surface area contributed by atoms with E-state index in [0.29, 0.717) is 25.0 Å². The Morgan fingerprint density at radius 1 is 1.33 bits per heavy atom. The average Bonchev–Trinajstić information content (AvgIpc) is 3.27. The zero-order chi connectivity index (χ0) is 18.8. The third kappa shape index (κ3) is 4.06. The number of aromatic nitrogens is 4. The molecule has 0 amide bonds. The third-order valence-corrected chi connectivity index (χ3v) is 5.42. The first-order valence-corrected chi connectivity index (χ1v) is 9.74. The Hall–Kier alpha value is -2.19. The normalized spacial score (nSPS) is 20.1. The van der Waals surface area contributed by atoms with Crippen molar-refractivity contribution in [3.8, 4) is 0 Å². The van der Waals surface area contributed by atoms with Gasteiger partial charge in [0, 0.05) is 43.9 Å². The molecule has 4 heterocycles. The molecule has 0 aliphatic carbocycles. The van der Waals surface area contributed by atoms with E-state index < -0.39 is 0 Å². The number of hydrogen-bond donors (Lipinski definition) is 3. The topological polar surface area (TPSA) is 99.2 Å². The fourth-order valence-corrected chi connectivity index (χ4v) is 3.70. The second-order valence-electron chi connectivity index (χ2n) is 7.54. The molecule has 2 aliphatic heterocycles. The maximum Gasteiger partial charge on any atom is 0.227 e. The van der Waals surface area contributed by atoms with Crippen molar-refractivity contribution in [1.29, 1.82) is 0 Å². The van der Waals surface area contributed by atoms with Crippen LogP contribution in [0.15, 0.2) is 6.07 Å². The largest absolute Gasteiger partial charge is 0.389 e. The second kappa shape index (κ2) is 7.82. The highest BCUT2D eigenvalue weighted by molar-refractivity contribution is 5.46. The first-order valence-electron chi connectivity index (χ1n) is 9.74. The first-order chi connectivity index (χ1) is 13.1. The maximum atomic E-state index is 9.60. The Bertz CT molecular complexity index is 761. The van der Waals surface area contributed by atoms with Crippen molar-refractivity contribution in [2.24, 2.45) is 0 Å². The highest BCUT2D eigenvalue weighted by Gasteiger charge is 2.28. The molecule has 0 bridgehead atoms. The van der Waals surface area contributed by atoms with E-state index in [1.165, 1.54) is 5.56 Å². The number of ether oxygens (including phenoxy) is 1. The number of aryl methyl sites for hydroxylation is 2. The summed E-state index contributed by atoms with van der Waals surface area (Å²) in [5.74, 6) is 1.88. The van der Waals surface area contributed by atoms with Gasteiger partial charge in [-0.05, 0) is 38.7 Å². The number of nitrogens with one attached hydrogen (secondary N) is 2. The van der Waals surface area contributed by atoms with Crippen molar-refractivity contribution in [1.82, 2.24) is 20.2 Å². The summed E-state index contributed by atoms with van der Waals surface area (Å²) >= 11 is 0. The quantitative estimate of drug-likeness (QED) is 0.634. The Labute approximate surface area is 159 Å². The zero-order valence-electron chi connectivity index (χ0n) is 16.0. The van der Waals surface area contributed by atoms with Crippen LogP contribution in [-0.4, -0.2) is 64.2 Å². The molecule has 2 aromatic rings. The fourth-order valence-electron chi connectivity index (χ4n) is 3.70. The minimum absolute atomic E-state index is 0.273. The summed E-state index contributed by atoms with van der Waals surface area (Å²) in [6.45, 7) is 7.66. The molecular weight excluding hydrogens is 344 g/mol. The molecule has 146 valence electrons. The van der Waals surface area contributed by atoms with Crippen molar-refractivity contribution < 1.29 is 9.84 Å². The maximum absolute atomic E-state index is 9.60. The SMILES string of the molecule is Cc1n[nH]c(C)c1CCCNc1cc([C@H]2CCOC2)nc(N2CC(O)C2)n1. The van der Waals surface area contributed by atoms with Gasteiger partial charge in [-0.2, -0.15) is 10.1 Å². The summed E-state index contributed by atoms with van der Waals surface area (Å²) in [5.41, 5.74) is 4.56. The highest BCUT2D eigenvalue weighted by Crippen LogP contribution is 2.28. The smallest absolute Gasteiger partial charge is 0.227 e. The number of nitrogens with zero attached hydrogens (tertiary/aromatic N) is 4. The van der Waals surface area contributed by atoms with Crippen molar-refractivity contribution >= 4 is 11.8 Å². The molecule has 0 saturated carbocycles. The molecule has 1 atom stereocenters. The first kappa shape index (κ1) is 18.2. The molecule has 2 saturated heterocycles. The van der Waals surface area contributed by atoms with Crippen LogP contribution in [0.2, 0.25) is 0 Å². The van der Waals surface area contributed by atoms with Gasteiger partial charge in [0.15, 0.2) is 0 Å². The Balaban J connectivity index is 1.41. The van der Waals surface area contributed by atoms with Crippen molar-refractivity contribution in [2.45, 2.75) is 45.1 Å². The Kier molecular flexibility index (Phi) is 5.27. The molecule has 8 nitrogen and oxygen atoms in total. The van der Waals surface area contributed by atoms with Crippen LogP contribution in [0, 0.1) is 13.8 Å². The van der Waals surface area contributed by atoms with Crippen LogP contribution in [0.1, 0.15) is 41.4 Å². The predicted octanol–water partition coefficient (Wildman–Crippen LogP) is 1.55. The molecule has 2 aromatic heterocycles. The van der Waals surface area contributed by atoms with Gasteiger partial charge in [-0.3, -0.25) is 5.10 Å². The molecular formula is C19H28N6O2. The summed E-state index contributed by atoms with van der Waals surface area (Å²) in [4.78, 5) is 11.4. The number of H-pyrrole nitrogens is 1. The van der Waals surface area contributed by atoms with Gasteiger partial charge < -0.3 is 20.1 Å². The lowest BCUT2D eigenvalue weighted by atomic mass is 10.0. The van der Waals surface area contributed by atoms with Crippen molar-refractivity contribution in [3.63, 3.8) is 0 Å². The lowest BCUT2D eigenvalue weighted by Crippen LogP contribution is -2.51. The van der Waals surface area contributed by atoms with Crippen molar-refractivity contribution in [3.05, 3.63) is 28.7 Å². The van der Waals surface area contributed by atoms with Gasteiger partial charge in [0.2, 0.25) is 5.95 Å². The van der Waals surface area contributed by atoms with Crippen LogP contribution in [0.25, 0.3) is 0 Å². The summed E-state index contributed by atoms with van der Waals surface area (Å²) in [7, 11) is 0. The van der Waals surface area contributed by atoms with E-state index in [1.807, 2.05) is 17.9 Å². The van der Waals surface area contributed by atoms with Gasteiger partial charge in [-0.25, -0.2) is 4.98 Å².